The van der Waals surface area contributed by atoms with Gasteiger partial charge in [0.15, 0.2) is 0 Å². The molecular formula is C30H25NO5. The Morgan fingerprint density at radius 1 is 0.806 bits per heavy atom. The van der Waals surface area contributed by atoms with Gasteiger partial charge in [-0.2, -0.15) is 0 Å². The molecule has 0 saturated heterocycles. The zero-order chi connectivity index (χ0) is 25.1. The minimum Gasteiger partial charge on any atom is -0.508 e. The highest BCUT2D eigenvalue weighted by atomic mass is 16.5. The zero-order valence-electron chi connectivity index (χ0n) is 19.4. The molecule has 1 aliphatic rings. The van der Waals surface area contributed by atoms with Crippen molar-refractivity contribution in [2.75, 3.05) is 6.61 Å². The number of hydrogen-bond acceptors (Lipinski definition) is 4. The Bertz CT molecular complexity index is 1370. The van der Waals surface area contributed by atoms with Crippen LogP contribution in [0.25, 0.3) is 22.3 Å². The molecule has 180 valence electrons. The van der Waals surface area contributed by atoms with E-state index in [-0.39, 0.29) is 24.7 Å². The predicted molar refractivity (Wildman–Crippen MR) is 137 cm³/mol. The van der Waals surface area contributed by atoms with Crippen LogP contribution in [0.1, 0.15) is 22.6 Å². The van der Waals surface area contributed by atoms with Crippen molar-refractivity contribution in [3.63, 3.8) is 0 Å². The zero-order valence-corrected chi connectivity index (χ0v) is 19.4. The van der Waals surface area contributed by atoms with Crippen LogP contribution in [-0.2, 0) is 16.0 Å². The van der Waals surface area contributed by atoms with Gasteiger partial charge < -0.3 is 20.3 Å². The molecule has 0 saturated carbocycles. The Kier molecular flexibility index (Phi) is 6.41. The second-order valence-corrected chi connectivity index (χ2v) is 8.81. The number of carbonyl (C=O) groups excluding carboxylic acids is 1. The van der Waals surface area contributed by atoms with Gasteiger partial charge in [0.25, 0.3) is 0 Å². The van der Waals surface area contributed by atoms with Crippen molar-refractivity contribution < 1.29 is 24.5 Å². The lowest BCUT2D eigenvalue weighted by molar-refractivity contribution is -0.139. The molecule has 0 spiro atoms. The van der Waals surface area contributed by atoms with Crippen LogP contribution in [0.2, 0.25) is 0 Å². The van der Waals surface area contributed by atoms with E-state index in [0.717, 1.165) is 38.9 Å². The molecular weight excluding hydrogens is 454 g/mol. The lowest BCUT2D eigenvalue weighted by Crippen LogP contribution is -2.42. The van der Waals surface area contributed by atoms with E-state index in [1.165, 1.54) is 0 Å². The molecule has 3 N–H and O–H groups in total. The molecule has 1 amide bonds. The molecule has 0 aliphatic heterocycles. The van der Waals surface area contributed by atoms with E-state index in [2.05, 4.69) is 17.4 Å². The van der Waals surface area contributed by atoms with Gasteiger partial charge in [-0.15, -0.1) is 0 Å². The number of aliphatic carboxylic acids is 1. The Labute approximate surface area is 208 Å². The van der Waals surface area contributed by atoms with Gasteiger partial charge in [0.1, 0.15) is 18.4 Å². The number of benzene rings is 4. The van der Waals surface area contributed by atoms with Gasteiger partial charge in [0, 0.05) is 12.3 Å². The lowest BCUT2D eigenvalue weighted by atomic mass is 9.98. The summed E-state index contributed by atoms with van der Waals surface area (Å²) in [6.07, 6.45) is -0.652. The molecule has 1 aliphatic carbocycles. The minimum absolute atomic E-state index is 0.101. The standard InChI is InChI=1S/C30H25NO5/c32-22-7-5-6-21(17-22)20-14-12-19(13-15-20)16-28(29(33)34)31-30(35)36-18-27-25-10-3-1-8-23(25)24-9-2-4-11-26(24)27/h1-15,17,27-28,32H,16,18H2,(H,31,35)(H,33,34)/t28-/m0/s1. The monoisotopic (exact) mass is 479 g/mol. The first-order chi connectivity index (χ1) is 17.5. The quantitative estimate of drug-likeness (QED) is 0.321. The highest BCUT2D eigenvalue weighted by Crippen LogP contribution is 2.44. The van der Waals surface area contributed by atoms with E-state index in [1.54, 1.807) is 18.2 Å². The van der Waals surface area contributed by atoms with Crippen molar-refractivity contribution in [1.29, 1.82) is 0 Å². The Hall–Kier alpha value is -4.58. The molecule has 0 bridgehead atoms. The highest BCUT2D eigenvalue weighted by molar-refractivity contribution is 5.81. The number of hydrogen-bond donors (Lipinski definition) is 3. The summed E-state index contributed by atoms with van der Waals surface area (Å²) < 4.78 is 5.51. The topological polar surface area (TPSA) is 95.9 Å². The number of amides is 1. The third-order valence-electron chi connectivity index (χ3n) is 6.51. The maximum atomic E-state index is 12.6. The third-order valence-corrected chi connectivity index (χ3v) is 6.51. The first-order valence-electron chi connectivity index (χ1n) is 11.7. The van der Waals surface area contributed by atoms with Crippen molar-refractivity contribution in [2.24, 2.45) is 0 Å². The number of rotatable bonds is 7. The van der Waals surface area contributed by atoms with Gasteiger partial charge in [-0.3, -0.25) is 0 Å². The molecule has 6 heteroatoms. The number of fused-ring (bicyclic) bond motifs is 3. The number of carboxylic acids is 1. The van der Waals surface area contributed by atoms with Crippen molar-refractivity contribution >= 4 is 12.1 Å². The molecule has 1 atom stereocenters. The SMILES string of the molecule is O=C(N[C@@H](Cc1ccc(-c2cccc(O)c2)cc1)C(=O)O)OCC1c2ccccc2-c2ccccc21. The maximum absolute atomic E-state index is 12.6. The van der Waals surface area contributed by atoms with Crippen LogP contribution in [-0.4, -0.2) is 34.9 Å². The van der Waals surface area contributed by atoms with Crippen LogP contribution in [0.5, 0.6) is 5.75 Å². The number of phenolic OH excluding ortho intramolecular Hbond substituents is 1. The number of carboxylic acid groups (broad SMARTS) is 1. The Morgan fingerprint density at radius 2 is 1.44 bits per heavy atom. The van der Waals surface area contributed by atoms with Crippen LogP contribution in [0.15, 0.2) is 97.1 Å². The molecule has 6 nitrogen and oxygen atoms in total. The van der Waals surface area contributed by atoms with Crippen molar-refractivity contribution in [3.05, 3.63) is 114 Å². The fourth-order valence-electron chi connectivity index (χ4n) is 4.74. The minimum atomic E-state index is -1.14. The van der Waals surface area contributed by atoms with Crippen LogP contribution in [0, 0.1) is 0 Å². The fourth-order valence-corrected chi connectivity index (χ4v) is 4.74. The largest absolute Gasteiger partial charge is 0.508 e. The van der Waals surface area contributed by atoms with Gasteiger partial charge in [-0.1, -0.05) is 84.9 Å². The molecule has 0 unspecified atom stereocenters. The van der Waals surface area contributed by atoms with E-state index >= 15 is 0 Å². The number of phenols is 1. The van der Waals surface area contributed by atoms with Crippen molar-refractivity contribution in [3.8, 4) is 28.0 Å². The average Bonchev–Trinajstić information content (AvgIpc) is 3.21. The van der Waals surface area contributed by atoms with E-state index in [0.29, 0.717) is 0 Å². The molecule has 4 aromatic rings. The number of aromatic hydroxyl groups is 1. The van der Waals surface area contributed by atoms with Crippen LogP contribution in [0.4, 0.5) is 4.79 Å². The van der Waals surface area contributed by atoms with Crippen molar-refractivity contribution in [1.82, 2.24) is 5.32 Å². The smallest absolute Gasteiger partial charge is 0.407 e. The number of carbonyl (C=O) groups is 2. The molecule has 0 radical (unpaired) electrons. The van der Waals surface area contributed by atoms with E-state index < -0.39 is 18.1 Å². The van der Waals surface area contributed by atoms with E-state index in [1.807, 2.05) is 66.7 Å². The summed E-state index contributed by atoms with van der Waals surface area (Å²) in [5.41, 5.74) is 6.94. The van der Waals surface area contributed by atoms with E-state index in [4.69, 9.17) is 4.74 Å². The summed E-state index contributed by atoms with van der Waals surface area (Å²) in [7, 11) is 0. The summed E-state index contributed by atoms with van der Waals surface area (Å²) in [6, 6.07) is 29.2. The molecule has 0 fully saturated rings. The van der Waals surface area contributed by atoms with Gasteiger partial charge >= 0.3 is 12.1 Å². The number of ether oxygens (including phenoxy) is 1. The van der Waals surface area contributed by atoms with Gasteiger partial charge in [-0.05, 0) is 51.1 Å². The lowest BCUT2D eigenvalue weighted by Gasteiger charge is -2.17. The third kappa shape index (κ3) is 4.79. The summed E-state index contributed by atoms with van der Waals surface area (Å²) in [5.74, 6) is -1.06. The second kappa shape index (κ2) is 9.96. The Balaban J connectivity index is 1.23. The van der Waals surface area contributed by atoms with Gasteiger partial charge in [0.05, 0.1) is 0 Å². The van der Waals surface area contributed by atoms with Crippen LogP contribution >= 0.6 is 0 Å². The van der Waals surface area contributed by atoms with Crippen LogP contribution < -0.4 is 5.32 Å². The summed E-state index contributed by atoms with van der Waals surface area (Å²) >= 11 is 0. The van der Waals surface area contributed by atoms with E-state index in [9.17, 15) is 19.8 Å². The first-order valence-corrected chi connectivity index (χ1v) is 11.7. The Morgan fingerprint density at radius 3 is 2.06 bits per heavy atom. The molecule has 36 heavy (non-hydrogen) atoms. The summed E-state index contributed by atoms with van der Waals surface area (Å²) in [5, 5.41) is 21.9. The summed E-state index contributed by atoms with van der Waals surface area (Å²) in [4.78, 5) is 24.4. The summed E-state index contributed by atoms with van der Waals surface area (Å²) in [6.45, 7) is 0.116. The fraction of sp³-hybridized carbons (Fsp3) is 0.133. The van der Waals surface area contributed by atoms with Gasteiger partial charge in [0.2, 0.25) is 0 Å². The molecule has 0 heterocycles. The maximum Gasteiger partial charge on any atom is 0.407 e. The normalized spacial score (nSPS) is 12.9. The molecule has 5 rings (SSSR count). The van der Waals surface area contributed by atoms with Crippen LogP contribution in [0.3, 0.4) is 0 Å². The molecule has 4 aromatic carbocycles. The number of alkyl carbamates (subject to hydrolysis) is 1. The molecule has 0 aromatic heterocycles. The predicted octanol–water partition coefficient (Wildman–Crippen LogP) is 5.59. The highest BCUT2D eigenvalue weighted by Gasteiger charge is 2.29. The second-order valence-electron chi connectivity index (χ2n) is 8.81. The van der Waals surface area contributed by atoms with Crippen molar-refractivity contribution in [2.45, 2.75) is 18.4 Å². The average molecular weight is 480 g/mol. The van der Waals surface area contributed by atoms with Gasteiger partial charge in [-0.25, -0.2) is 9.59 Å². The first kappa shape index (κ1) is 23.2. The number of nitrogens with one attached hydrogen (secondary N) is 1.